The molecule has 304 valence electrons. The second-order valence-electron chi connectivity index (χ2n) is 17.3. The summed E-state index contributed by atoms with van der Waals surface area (Å²) >= 11 is 0. The average molecular weight is 830 g/mol. The molecule has 1 aliphatic rings. The first kappa shape index (κ1) is 38.1. The molecule has 1 aliphatic carbocycles. The maximum absolute atomic E-state index is 9.29. The second kappa shape index (κ2) is 15.0. The van der Waals surface area contributed by atoms with Crippen molar-refractivity contribution in [3.63, 3.8) is 0 Å². The maximum atomic E-state index is 9.29. The summed E-state index contributed by atoms with van der Waals surface area (Å²) in [7, 11) is 0. The Morgan fingerprint density at radius 1 is 0.369 bits per heavy atom. The predicted octanol–water partition coefficient (Wildman–Crippen LogP) is 14.9. The number of hydrogen-bond donors (Lipinski definition) is 0. The molecule has 12 rings (SSSR count). The molecular formula is C60H39N5. The summed E-state index contributed by atoms with van der Waals surface area (Å²) < 4.78 is 0. The summed E-state index contributed by atoms with van der Waals surface area (Å²) in [5.41, 5.74) is 15.9. The zero-order valence-corrected chi connectivity index (χ0v) is 35.8. The van der Waals surface area contributed by atoms with Crippen molar-refractivity contribution >= 4 is 32.4 Å². The number of aromatic nitrogens is 4. The van der Waals surface area contributed by atoms with Gasteiger partial charge < -0.3 is 0 Å². The minimum absolute atomic E-state index is 0.155. The first-order valence-electron chi connectivity index (χ1n) is 21.9. The van der Waals surface area contributed by atoms with E-state index in [4.69, 9.17) is 19.9 Å². The summed E-state index contributed by atoms with van der Waals surface area (Å²) in [5.74, 6) is 1.87. The molecule has 0 fully saturated rings. The Morgan fingerprint density at radius 3 is 1.69 bits per heavy atom. The fourth-order valence-electron chi connectivity index (χ4n) is 9.88. The molecule has 5 nitrogen and oxygen atoms in total. The van der Waals surface area contributed by atoms with E-state index in [0.717, 1.165) is 71.7 Å². The predicted molar refractivity (Wildman–Crippen MR) is 265 cm³/mol. The third-order valence-electron chi connectivity index (χ3n) is 13.2. The summed E-state index contributed by atoms with van der Waals surface area (Å²) in [4.78, 5) is 20.5. The highest BCUT2D eigenvalue weighted by atomic mass is 15.0. The number of benzene rings is 9. The molecular weight excluding hydrogens is 791 g/mol. The molecule has 0 spiro atoms. The van der Waals surface area contributed by atoms with E-state index in [9.17, 15) is 5.26 Å². The van der Waals surface area contributed by atoms with Gasteiger partial charge in [0.1, 0.15) is 0 Å². The van der Waals surface area contributed by atoms with Crippen molar-refractivity contribution in [2.45, 2.75) is 19.3 Å². The highest BCUT2D eigenvalue weighted by molar-refractivity contribution is 6.23. The van der Waals surface area contributed by atoms with Crippen molar-refractivity contribution in [3.8, 4) is 84.7 Å². The Balaban J connectivity index is 0.987. The number of nitriles is 1. The van der Waals surface area contributed by atoms with E-state index < -0.39 is 0 Å². The summed E-state index contributed by atoms with van der Waals surface area (Å²) in [5, 5.41) is 15.0. The van der Waals surface area contributed by atoms with Gasteiger partial charge in [-0.1, -0.05) is 166 Å². The average Bonchev–Trinajstić information content (AvgIpc) is 3.61. The summed E-state index contributed by atoms with van der Waals surface area (Å²) in [6.45, 7) is 4.60. The lowest BCUT2D eigenvalue weighted by molar-refractivity contribution is 0.660. The maximum Gasteiger partial charge on any atom is 0.164 e. The largest absolute Gasteiger partial charge is 0.256 e. The minimum atomic E-state index is -0.155. The van der Waals surface area contributed by atoms with Crippen LogP contribution in [-0.2, 0) is 5.41 Å². The van der Waals surface area contributed by atoms with E-state index in [1.54, 1.807) is 0 Å². The molecule has 0 bridgehead atoms. The molecule has 0 radical (unpaired) electrons. The van der Waals surface area contributed by atoms with E-state index in [1.165, 1.54) is 33.0 Å². The molecule has 5 heteroatoms. The van der Waals surface area contributed by atoms with Crippen LogP contribution in [0.2, 0.25) is 0 Å². The van der Waals surface area contributed by atoms with Crippen LogP contribution in [0.5, 0.6) is 0 Å². The van der Waals surface area contributed by atoms with Crippen molar-refractivity contribution in [1.82, 2.24) is 19.9 Å². The smallest absolute Gasteiger partial charge is 0.164 e. The Morgan fingerprint density at radius 2 is 0.923 bits per heavy atom. The topological polar surface area (TPSA) is 75.3 Å². The fourth-order valence-corrected chi connectivity index (χ4v) is 9.88. The van der Waals surface area contributed by atoms with Crippen LogP contribution in [0, 0.1) is 11.3 Å². The Labute approximate surface area is 377 Å². The molecule has 0 saturated carbocycles. The number of fused-ring (bicyclic) bond motifs is 8. The van der Waals surface area contributed by atoms with Crippen molar-refractivity contribution in [2.24, 2.45) is 0 Å². The van der Waals surface area contributed by atoms with Crippen molar-refractivity contribution in [1.29, 1.82) is 5.26 Å². The third kappa shape index (κ3) is 6.38. The normalized spacial score (nSPS) is 12.6. The van der Waals surface area contributed by atoms with E-state index >= 15 is 0 Å². The van der Waals surface area contributed by atoms with Crippen LogP contribution in [0.15, 0.2) is 200 Å². The van der Waals surface area contributed by atoms with Gasteiger partial charge in [-0.15, -0.1) is 0 Å². The fraction of sp³-hybridized carbons (Fsp3) is 0.0500. The van der Waals surface area contributed by atoms with Gasteiger partial charge in [0.05, 0.1) is 17.1 Å². The molecule has 0 saturated heterocycles. The van der Waals surface area contributed by atoms with Gasteiger partial charge in [0.15, 0.2) is 17.5 Å². The van der Waals surface area contributed by atoms with Gasteiger partial charge in [0.2, 0.25) is 0 Å². The summed E-state index contributed by atoms with van der Waals surface area (Å²) in [6.07, 6.45) is 1.88. The summed E-state index contributed by atoms with van der Waals surface area (Å²) in [6, 6.07) is 70.2. The molecule has 9 aromatic carbocycles. The molecule has 11 aromatic rings. The lowest BCUT2D eigenvalue weighted by atomic mass is 9.82. The van der Waals surface area contributed by atoms with Gasteiger partial charge in [-0.2, -0.15) is 5.26 Å². The lowest BCUT2D eigenvalue weighted by Crippen LogP contribution is -2.15. The van der Waals surface area contributed by atoms with Crippen LogP contribution in [0.25, 0.3) is 111 Å². The lowest BCUT2D eigenvalue weighted by Gasteiger charge is -2.21. The molecule has 2 heterocycles. The van der Waals surface area contributed by atoms with Gasteiger partial charge in [0.25, 0.3) is 0 Å². The molecule has 0 amide bonds. The van der Waals surface area contributed by atoms with Crippen LogP contribution >= 0.6 is 0 Å². The molecule has 0 N–H and O–H groups in total. The molecule has 65 heavy (non-hydrogen) atoms. The van der Waals surface area contributed by atoms with Gasteiger partial charge in [0, 0.05) is 39.3 Å². The molecule has 0 unspecified atom stereocenters. The second-order valence-corrected chi connectivity index (χ2v) is 17.3. The first-order chi connectivity index (χ1) is 31.9. The molecule has 0 aliphatic heterocycles. The Kier molecular flexibility index (Phi) is 8.82. The SMILES string of the molecule is CC1(C)c2ccccc2-c2ccc(-c3nc(-c4ccccc4)nc(-c4cccc(-c5cc6c7ccccc7c(-c7ccc(-c8ccc(C#N)cc8)cc7)cc6c6cccnc56)c4)n3)cc21. The van der Waals surface area contributed by atoms with Crippen LogP contribution in [0.3, 0.4) is 0 Å². The van der Waals surface area contributed by atoms with Gasteiger partial charge in [-0.05, 0) is 114 Å². The number of pyridine rings is 1. The standard InChI is InChI=1S/C60H39N5/c1-60(2)54-20-9-8-18-47(54)48-30-29-44(33-55(48)60)59-64-57(41-12-4-3-5-13-41)63-58(65-59)43-15-10-14-42(32-43)51-35-52-46-17-7-6-16-45(46)50(34-53(52)49-19-11-31-62-56(49)51)40-27-25-39(26-28-40)38-23-21-37(36-61)22-24-38/h3-35H,1-2H3. The van der Waals surface area contributed by atoms with Crippen LogP contribution in [0.1, 0.15) is 30.5 Å². The van der Waals surface area contributed by atoms with Gasteiger partial charge in [-0.25, -0.2) is 15.0 Å². The van der Waals surface area contributed by atoms with Crippen LogP contribution < -0.4 is 0 Å². The van der Waals surface area contributed by atoms with Gasteiger partial charge >= 0.3 is 0 Å². The zero-order valence-electron chi connectivity index (χ0n) is 35.8. The molecule has 0 atom stereocenters. The minimum Gasteiger partial charge on any atom is -0.256 e. The van der Waals surface area contributed by atoms with E-state index in [-0.39, 0.29) is 5.41 Å². The van der Waals surface area contributed by atoms with Crippen molar-refractivity contribution in [2.75, 3.05) is 0 Å². The van der Waals surface area contributed by atoms with E-state index in [0.29, 0.717) is 23.0 Å². The Hall–Kier alpha value is -8.59. The number of nitrogens with zero attached hydrogens (tertiary/aromatic N) is 5. The number of hydrogen-bond acceptors (Lipinski definition) is 5. The number of rotatable bonds is 6. The van der Waals surface area contributed by atoms with Crippen molar-refractivity contribution in [3.05, 3.63) is 217 Å². The van der Waals surface area contributed by atoms with Crippen LogP contribution in [0.4, 0.5) is 0 Å². The van der Waals surface area contributed by atoms with E-state index in [1.807, 2.05) is 54.7 Å². The monoisotopic (exact) mass is 829 g/mol. The first-order valence-corrected chi connectivity index (χ1v) is 21.9. The van der Waals surface area contributed by atoms with E-state index in [2.05, 4.69) is 166 Å². The van der Waals surface area contributed by atoms with Crippen LogP contribution in [-0.4, -0.2) is 19.9 Å². The zero-order chi connectivity index (χ0) is 43.6. The Bertz CT molecular complexity index is 3730. The quantitative estimate of drug-likeness (QED) is 0.156. The highest BCUT2D eigenvalue weighted by Crippen LogP contribution is 2.49. The molecule has 2 aromatic heterocycles. The van der Waals surface area contributed by atoms with Gasteiger partial charge in [-0.3, -0.25) is 4.98 Å². The van der Waals surface area contributed by atoms with Crippen molar-refractivity contribution < 1.29 is 0 Å². The highest BCUT2D eigenvalue weighted by Gasteiger charge is 2.35. The third-order valence-corrected chi connectivity index (χ3v) is 13.2.